The van der Waals surface area contributed by atoms with Gasteiger partial charge in [-0.25, -0.2) is 0 Å². The molecule has 0 fully saturated rings. The summed E-state index contributed by atoms with van der Waals surface area (Å²) >= 11 is 0. The molecule has 1 amide bonds. The first-order chi connectivity index (χ1) is 7.02. The number of rotatable bonds is 2. The van der Waals surface area contributed by atoms with Crippen LogP contribution in [0, 0.1) is 19.3 Å². The molecule has 1 rings (SSSR count). The number of aryl methyl sites for hydroxylation is 1. The fourth-order valence-electron chi connectivity index (χ4n) is 1.27. The molecule has 0 aromatic heterocycles. The molecule has 0 bridgehead atoms. The number of nitrogen functional groups attached to an aromatic ring is 1. The van der Waals surface area contributed by atoms with E-state index in [-0.39, 0.29) is 11.9 Å². The minimum absolute atomic E-state index is 0.198. The predicted molar refractivity (Wildman–Crippen MR) is 61.4 cm³/mol. The Kier molecular flexibility index (Phi) is 3.35. The standard InChI is InChI=1S/C12H14N2O/c1-4-9(3)14-12(15)10-5-8(2)6-11(13)7-10/h1,5-7,9H,13H2,2-3H3,(H,14,15). The van der Waals surface area contributed by atoms with Crippen molar-refractivity contribution in [1.29, 1.82) is 0 Å². The smallest absolute Gasteiger partial charge is 0.252 e. The average Bonchev–Trinajstić information content (AvgIpc) is 2.16. The number of carbonyl (C=O) groups excluding carboxylic acids is 1. The highest BCUT2D eigenvalue weighted by Crippen LogP contribution is 2.11. The number of hydrogen-bond acceptors (Lipinski definition) is 2. The molecular formula is C12H14N2O. The minimum atomic E-state index is -0.278. The van der Waals surface area contributed by atoms with E-state index >= 15 is 0 Å². The highest BCUT2D eigenvalue weighted by molar-refractivity contribution is 5.95. The lowest BCUT2D eigenvalue weighted by Gasteiger charge is -2.08. The van der Waals surface area contributed by atoms with Gasteiger partial charge >= 0.3 is 0 Å². The Bertz CT molecular complexity index is 398. The maximum atomic E-state index is 11.7. The van der Waals surface area contributed by atoms with E-state index in [9.17, 15) is 4.79 Å². The number of carbonyl (C=O) groups is 1. The maximum absolute atomic E-state index is 11.7. The Hall–Kier alpha value is -1.95. The van der Waals surface area contributed by atoms with Crippen molar-refractivity contribution in [2.24, 2.45) is 0 Å². The highest BCUT2D eigenvalue weighted by Gasteiger charge is 2.08. The number of benzene rings is 1. The van der Waals surface area contributed by atoms with Crippen LogP contribution in [0.1, 0.15) is 22.8 Å². The molecule has 0 aliphatic carbocycles. The molecule has 0 saturated carbocycles. The van der Waals surface area contributed by atoms with Gasteiger partial charge in [0.15, 0.2) is 0 Å². The van der Waals surface area contributed by atoms with Crippen LogP contribution < -0.4 is 11.1 Å². The van der Waals surface area contributed by atoms with Crippen molar-refractivity contribution in [1.82, 2.24) is 5.32 Å². The van der Waals surface area contributed by atoms with E-state index < -0.39 is 0 Å². The average molecular weight is 202 g/mol. The second kappa shape index (κ2) is 4.52. The van der Waals surface area contributed by atoms with Crippen molar-refractivity contribution in [2.75, 3.05) is 5.73 Å². The second-order valence-electron chi connectivity index (χ2n) is 3.49. The molecular weight excluding hydrogens is 188 g/mol. The fourth-order valence-corrected chi connectivity index (χ4v) is 1.27. The summed E-state index contributed by atoms with van der Waals surface area (Å²) in [5.74, 6) is 2.23. The lowest BCUT2D eigenvalue weighted by molar-refractivity contribution is 0.0948. The largest absolute Gasteiger partial charge is 0.399 e. The summed E-state index contributed by atoms with van der Waals surface area (Å²) in [4.78, 5) is 11.7. The van der Waals surface area contributed by atoms with Gasteiger partial charge < -0.3 is 11.1 Å². The Balaban J connectivity index is 2.88. The van der Waals surface area contributed by atoms with E-state index in [0.29, 0.717) is 11.3 Å². The predicted octanol–water partition coefficient (Wildman–Crippen LogP) is 1.33. The monoisotopic (exact) mass is 202 g/mol. The lowest BCUT2D eigenvalue weighted by Crippen LogP contribution is -2.31. The Morgan fingerprint density at radius 1 is 1.53 bits per heavy atom. The number of amides is 1. The minimum Gasteiger partial charge on any atom is -0.399 e. The van der Waals surface area contributed by atoms with Gasteiger partial charge in [-0.15, -0.1) is 6.42 Å². The van der Waals surface area contributed by atoms with Gasteiger partial charge in [0.05, 0.1) is 6.04 Å². The third-order valence-corrected chi connectivity index (χ3v) is 1.96. The summed E-state index contributed by atoms with van der Waals surface area (Å²) in [6.07, 6.45) is 5.17. The molecule has 15 heavy (non-hydrogen) atoms. The van der Waals surface area contributed by atoms with E-state index in [1.165, 1.54) is 0 Å². The van der Waals surface area contributed by atoms with E-state index in [0.717, 1.165) is 5.56 Å². The van der Waals surface area contributed by atoms with Crippen LogP contribution in [0.15, 0.2) is 18.2 Å². The Labute approximate surface area is 89.7 Å². The first kappa shape index (κ1) is 11.1. The summed E-state index contributed by atoms with van der Waals surface area (Å²) in [6.45, 7) is 3.63. The summed E-state index contributed by atoms with van der Waals surface area (Å²) in [7, 11) is 0. The Morgan fingerprint density at radius 3 is 2.73 bits per heavy atom. The molecule has 0 saturated heterocycles. The van der Waals surface area contributed by atoms with E-state index in [1.807, 2.05) is 6.92 Å². The van der Waals surface area contributed by atoms with Crippen LogP contribution in [0.4, 0.5) is 5.69 Å². The summed E-state index contributed by atoms with van der Waals surface area (Å²) in [5.41, 5.74) is 7.71. The van der Waals surface area contributed by atoms with Crippen LogP contribution in [0.3, 0.4) is 0 Å². The van der Waals surface area contributed by atoms with Crippen molar-refractivity contribution < 1.29 is 4.79 Å². The van der Waals surface area contributed by atoms with Crippen LogP contribution in [0.25, 0.3) is 0 Å². The normalized spacial score (nSPS) is 11.5. The fraction of sp³-hybridized carbons (Fsp3) is 0.250. The van der Waals surface area contributed by atoms with Crippen LogP contribution in [0.5, 0.6) is 0 Å². The van der Waals surface area contributed by atoms with Gasteiger partial charge in [-0.3, -0.25) is 4.79 Å². The third kappa shape index (κ3) is 3.03. The molecule has 0 aliphatic rings. The number of hydrogen-bond donors (Lipinski definition) is 2. The number of nitrogens with one attached hydrogen (secondary N) is 1. The quantitative estimate of drug-likeness (QED) is 0.561. The van der Waals surface area contributed by atoms with Gasteiger partial charge in [-0.05, 0) is 37.6 Å². The highest BCUT2D eigenvalue weighted by atomic mass is 16.1. The van der Waals surface area contributed by atoms with Crippen LogP contribution in [0.2, 0.25) is 0 Å². The number of terminal acetylenes is 1. The molecule has 3 heteroatoms. The van der Waals surface area contributed by atoms with E-state index in [1.54, 1.807) is 25.1 Å². The van der Waals surface area contributed by atoms with Crippen LogP contribution in [-0.2, 0) is 0 Å². The molecule has 3 nitrogen and oxygen atoms in total. The van der Waals surface area contributed by atoms with Gasteiger partial charge in [-0.1, -0.05) is 5.92 Å². The van der Waals surface area contributed by atoms with Crippen molar-refractivity contribution in [3.63, 3.8) is 0 Å². The first-order valence-corrected chi connectivity index (χ1v) is 4.67. The van der Waals surface area contributed by atoms with Crippen LogP contribution >= 0.6 is 0 Å². The summed E-state index contributed by atoms with van der Waals surface area (Å²) in [5, 5.41) is 2.67. The molecule has 1 atom stereocenters. The molecule has 0 spiro atoms. The molecule has 0 heterocycles. The van der Waals surface area contributed by atoms with E-state index in [2.05, 4.69) is 11.2 Å². The summed E-state index contributed by atoms with van der Waals surface area (Å²) < 4.78 is 0. The SMILES string of the molecule is C#CC(C)NC(=O)c1cc(C)cc(N)c1. The van der Waals surface area contributed by atoms with Gasteiger partial charge in [0.25, 0.3) is 5.91 Å². The molecule has 1 unspecified atom stereocenters. The van der Waals surface area contributed by atoms with Crippen LogP contribution in [-0.4, -0.2) is 11.9 Å². The maximum Gasteiger partial charge on any atom is 0.252 e. The number of anilines is 1. The molecule has 0 aliphatic heterocycles. The molecule has 78 valence electrons. The second-order valence-corrected chi connectivity index (χ2v) is 3.49. The zero-order valence-corrected chi connectivity index (χ0v) is 8.87. The Morgan fingerprint density at radius 2 is 2.20 bits per heavy atom. The van der Waals surface area contributed by atoms with E-state index in [4.69, 9.17) is 12.2 Å². The van der Waals surface area contributed by atoms with Gasteiger partial charge in [0, 0.05) is 11.3 Å². The third-order valence-electron chi connectivity index (χ3n) is 1.96. The molecule has 3 N–H and O–H groups in total. The number of nitrogens with two attached hydrogens (primary N) is 1. The summed E-state index contributed by atoms with van der Waals surface area (Å²) in [6, 6.07) is 4.93. The zero-order valence-electron chi connectivity index (χ0n) is 8.87. The lowest BCUT2D eigenvalue weighted by atomic mass is 10.1. The van der Waals surface area contributed by atoms with Gasteiger partial charge in [0.1, 0.15) is 0 Å². The molecule has 0 radical (unpaired) electrons. The van der Waals surface area contributed by atoms with Gasteiger partial charge in [-0.2, -0.15) is 0 Å². The van der Waals surface area contributed by atoms with Crippen molar-refractivity contribution >= 4 is 11.6 Å². The topological polar surface area (TPSA) is 55.1 Å². The first-order valence-electron chi connectivity index (χ1n) is 4.67. The van der Waals surface area contributed by atoms with Gasteiger partial charge in [0.2, 0.25) is 0 Å². The molecule has 1 aromatic carbocycles. The van der Waals surface area contributed by atoms with Crippen molar-refractivity contribution in [3.05, 3.63) is 29.3 Å². The van der Waals surface area contributed by atoms with Crippen molar-refractivity contribution in [2.45, 2.75) is 19.9 Å². The zero-order chi connectivity index (χ0) is 11.4. The van der Waals surface area contributed by atoms with Crippen molar-refractivity contribution in [3.8, 4) is 12.3 Å². The molecule has 1 aromatic rings.